The maximum Gasteiger partial charge on any atom is 0.251 e. The average molecular weight is 370 g/mol. The number of hydrogen-bond acceptors (Lipinski definition) is 3. The Kier molecular flexibility index (Phi) is 6.89. The van der Waals surface area contributed by atoms with Crippen LogP contribution < -0.4 is 14.8 Å². The molecule has 1 atom stereocenters. The zero-order valence-corrected chi connectivity index (χ0v) is 17.5. The molecule has 1 amide bonds. The summed E-state index contributed by atoms with van der Waals surface area (Å²) in [6.45, 7) is 12.9. The molecule has 27 heavy (non-hydrogen) atoms. The van der Waals surface area contributed by atoms with Crippen molar-refractivity contribution in [2.75, 3.05) is 13.7 Å². The maximum atomic E-state index is 12.7. The number of aryl methyl sites for hydroxylation is 2. The number of nitrogens with one attached hydrogen (secondary N) is 1. The van der Waals surface area contributed by atoms with Crippen molar-refractivity contribution in [3.05, 3.63) is 58.1 Å². The van der Waals surface area contributed by atoms with E-state index in [1.165, 1.54) is 0 Å². The minimum atomic E-state index is -0.104. The fourth-order valence-electron chi connectivity index (χ4n) is 3.28. The Labute approximate surface area is 162 Å². The molecule has 0 saturated heterocycles. The van der Waals surface area contributed by atoms with Crippen molar-refractivity contribution in [2.24, 2.45) is 0 Å². The van der Waals surface area contributed by atoms with Gasteiger partial charge < -0.3 is 14.8 Å². The van der Waals surface area contributed by atoms with Crippen LogP contribution in [0.4, 0.5) is 0 Å². The van der Waals surface area contributed by atoms with Gasteiger partial charge in [0.2, 0.25) is 0 Å². The van der Waals surface area contributed by atoms with Gasteiger partial charge in [-0.1, -0.05) is 13.8 Å². The lowest BCUT2D eigenvalue weighted by molar-refractivity contribution is 0.0939. The average Bonchev–Trinajstić information content (AvgIpc) is 2.62. The second-order valence-corrected chi connectivity index (χ2v) is 7.21. The molecule has 2 rings (SSSR count). The van der Waals surface area contributed by atoms with Crippen molar-refractivity contribution in [1.82, 2.24) is 5.32 Å². The van der Waals surface area contributed by atoms with Gasteiger partial charge in [0, 0.05) is 5.56 Å². The van der Waals surface area contributed by atoms with Gasteiger partial charge >= 0.3 is 0 Å². The number of rotatable bonds is 7. The normalized spacial score (nSPS) is 12.0. The van der Waals surface area contributed by atoms with Crippen LogP contribution in [0.2, 0.25) is 0 Å². The molecule has 146 valence electrons. The van der Waals surface area contributed by atoms with Gasteiger partial charge in [-0.15, -0.1) is 0 Å². The largest absolute Gasteiger partial charge is 0.496 e. The number of carbonyl (C=O) groups excluding carboxylic acids is 1. The van der Waals surface area contributed by atoms with E-state index in [4.69, 9.17) is 9.47 Å². The summed E-state index contributed by atoms with van der Waals surface area (Å²) >= 11 is 0. The van der Waals surface area contributed by atoms with Crippen LogP contribution in [0, 0.1) is 13.8 Å². The predicted molar refractivity (Wildman–Crippen MR) is 110 cm³/mol. The number of benzene rings is 2. The molecular formula is C23H31NO3. The Bertz CT molecular complexity index is 812. The minimum absolute atomic E-state index is 0.0880. The SMILES string of the molecule is CCOc1ccc(C(=O)N[C@@H](C)c2cc(C(C)C)c(OC)cc2C)cc1C. The van der Waals surface area contributed by atoms with Crippen LogP contribution in [0.25, 0.3) is 0 Å². The van der Waals surface area contributed by atoms with E-state index < -0.39 is 0 Å². The standard InChI is InChI=1S/C23H31NO3/c1-8-27-21-10-9-18(11-16(21)5)23(25)24-17(6)20-13-19(14(2)3)22(26-7)12-15(20)4/h9-14,17H,8H2,1-7H3,(H,24,25)/t17-/m0/s1. The lowest BCUT2D eigenvalue weighted by Gasteiger charge is -2.21. The van der Waals surface area contributed by atoms with Crippen molar-refractivity contribution < 1.29 is 14.3 Å². The van der Waals surface area contributed by atoms with Crippen molar-refractivity contribution in [3.8, 4) is 11.5 Å². The van der Waals surface area contributed by atoms with E-state index in [1.807, 2.05) is 45.9 Å². The fraction of sp³-hybridized carbons (Fsp3) is 0.435. The zero-order chi connectivity index (χ0) is 20.1. The summed E-state index contributed by atoms with van der Waals surface area (Å²) in [4.78, 5) is 12.7. The van der Waals surface area contributed by atoms with Crippen LogP contribution in [0.3, 0.4) is 0 Å². The molecule has 0 aliphatic carbocycles. The summed E-state index contributed by atoms with van der Waals surface area (Å²) in [5.74, 6) is 1.97. The maximum absolute atomic E-state index is 12.7. The number of methoxy groups -OCH3 is 1. The van der Waals surface area contributed by atoms with Crippen LogP contribution in [0.5, 0.6) is 11.5 Å². The van der Waals surface area contributed by atoms with E-state index in [-0.39, 0.29) is 11.9 Å². The van der Waals surface area contributed by atoms with Gasteiger partial charge in [0.15, 0.2) is 0 Å². The highest BCUT2D eigenvalue weighted by atomic mass is 16.5. The van der Waals surface area contributed by atoms with Gasteiger partial charge in [-0.3, -0.25) is 4.79 Å². The summed E-state index contributed by atoms with van der Waals surface area (Å²) in [5, 5.41) is 3.12. The van der Waals surface area contributed by atoms with Crippen molar-refractivity contribution in [2.45, 2.75) is 53.5 Å². The smallest absolute Gasteiger partial charge is 0.251 e. The second kappa shape index (κ2) is 8.94. The first-order valence-electron chi connectivity index (χ1n) is 9.51. The third-order valence-corrected chi connectivity index (χ3v) is 4.79. The Morgan fingerprint density at radius 1 is 1.00 bits per heavy atom. The van der Waals surface area contributed by atoms with Gasteiger partial charge in [-0.25, -0.2) is 0 Å². The summed E-state index contributed by atoms with van der Waals surface area (Å²) in [7, 11) is 1.69. The molecule has 0 radical (unpaired) electrons. The molecule has 4 heteroatoms. The van der Waals surface area contributed by atoms with Crippen molar-refractivity contribution in [3.63, 3.8) is 0 Å². The third-order valence-electron chi connectivity index (χ3n) is 4.79. The Hall–Kier alpha value is -2.49. The van der Waals surface area contributed by atoms with Crippen LogP contribution >= 0.6 is 0 Å². The molecule has 2 aromatic rings. The quantitative estimate of drug-likeness (QED) is 0.718. The molecule has 0 aliphatic rings. The fourth-order valence-corrected chi connectivity index (χ4v) is 3.28. The van der Waals surface area contributed by atoms with Gasteiger partial charge in [-0.05, 0) is 86.2 Å². The van der Waals surface area contributed by atoms with Crippen molar-refractivity contribution in [1.29, 1.82) is 0 Å². The molecule has 0 spiro atoms. The Balaban J connectivity index is 2.24. The lowest BCUT2D eigenvalue weighted by atomic mass is 9.93. The molecule has 2 aromatic carbocycles. The first-order valence-corrected chi connectivity index (χ1v) is 9.51. The molecule has 0 heterocycles. The number of ether oxygens (including phenoxy) is 2. The highest BCUT2D eigenvalue weighted by Gasteiger charge is 2.18. The molecule has 4 nitrogen and oxygen atoms in total. The van der Waals surface area contributed by atoms with E-state index >= 15 is 0 Å². The lowest BCUT2D eigenvalue weighted by Crippen LogP contribution is -2.27. The van der Waals surface area contributed by atoms with Crippen LogP contribution in [0.1, 0.15) is 72.3 Å². The summed E-state index contributed by atoms with van der Waals surface area (Å²) in [5.41, 5.74) is 4.96. The van der Waals surface area contributed by atoms with Crippen LogP contribution in [0.15, 0.2) is 30.3 Å². The molecule has 0 aromatic heterocycles. The van der Waals surface area contributed by atoms with E-state index in [1.54, 1.807) is 13.2 Å². The first-order chi connectivity index (χ1) is 12.8. The first kappa shape index (κ1) is 20.8. The number of hydrogen-bond donors (Lipinski definition) is 1. The van der Waals surface area contributed by atoms with Gasteiger partial charge in [0.1, 0.15) is 11.5 Å². The van der Waals surface area contributed by atoms with Crippen LogP contribution in [-0.4, -0.2) is 19.6 Å². The molecule has 1 N–H and O–H groups in total. The van der Waals surface area contributed by atoms with E-state index in [0.29, 0.717) is 18.1 Å². The Morgan fingerprint density at radius 3 is 2.26 bits per heavy atom. The molecular weight excluding hydrogens is 338 g/mol. The van der Waals surface area contributed by atoms with E-state index in [9.17, 15) is 4.79 Å². The number of amides is 1. The number of carbonyl (C=O) groups is 1. The molecule has 0 fully saturated rings. The highest BCUT2D eigenvalue weighted by Crippen LogP contribution is 2.32. The predicted octanol–water partition coefficient (Wildman–Crippen LogP) is 5.33. The van der Waals surface area contributed by atoms with Gasteiger partial charge in [0.25, 0.3) is 5.91 Å². The minimum Gasteiger partial charge on any atom is -0.496 e. The summed E-state index contributed by atoms with van der Waals surface area (Å²) in [6.07, 6.45) is 0. The van der Waals surface area contributed by atoms with Gasteiger partial charge in [0.05, 0.1) is 19.8 Å². The van der Waals surface area contributed by atoms with Crippen LogP contribution in [-0.2, 0) is 0 Å². The summed E-state index contributed by atoms with van der Waals surface area (Å²) < 4.78 is 11.1. The molecule has 0 bridgehead atoms. The molecule has 0 saturated carbocycles. The third kappa shape index (κ3) is 4.82. The molecule has 0 unspecified atom stereocenters. The highest BCUT2D eigenvalue weighted by molar-refractivity contribution is 5.94. The van der Waals surface area contributed by atoms with Crippen molar-refractivity contribution >= 4 is 5.91 Å². The van der Waals surface area contributed by atoms with Gasteiger partial charge in [-0.2, -0.15) is 0 Å². The van der Waals surface area contributed by atoms with E-state index in [0.717, 1.165) is 33.8 Å². The molecule has 0 aliphatic heterocycles. The Morgan fingerprint density at radius 2 is 1.70 bits per heavy atom. The topological polar surface area (TPSA) is 47.6 Å². The van der Waals surface area contributed by atoms with E-state index in [2.05, 4.69) is 25.2 Å². The second-order valence-electron chi connectivity index (χ2n) is 7.21. The zero-order valence-electron chi connectivity index (χ0n) is 17.5. The monoisotopic (exact) mass is 369 g/mol. The summed E-state index contributed by atoms with van der Waals surface area (Å²) in [6, 6.07) is 9.62.